The first-order chi connectivity index (χ1) is 23.4. The molecule has 4 aromatic carbocycles. The van der Waals surface area contributed by atoms with Crippen LogP contribution in [0, 0.1) is 5.41 Å². The van der Waals surface area contributed by atoms with Crippen LogP contribution in [0.15, 0.2) is 107 Å². The van der Waals surface area contributed by atoms with E-state index in [-0.39, 0.29) is 27.7 Å². The summed E-state index contributed by atoms with van der Waals surface area (Å²) in [5.41, 5.74) is 11.7. The zero-order valence-corrected chi connectivity index (χ0v) is 32.1. The molecule has 5 aromatic rings. The van der Waals surface area contributed by atoms with Crippen molar-refractivity contribution in [2.45, 2.75) is 111 Å². The molecule has 2 heterocycles. The molecule has 1 unspecified atom stereocenters. The first-order valence-electron chi connectivity index (χ1n) is 18.1. The van der Waals surface area contributed by atoms with Crippen molar-refractivity contribution in [3.05, 3.63) is 125 Å². The predicted octanol–water partition coefficient (Wildman–Crippen LogP) is 12.8. The lowest BCUT2D eigenvalue weighted by Crippen LogP contribution is -2.24. The molecule has 0 amide bonds. The van der Waals surface area contributed by atoms with Gasteiger partial charge < -0.3 is 4.42 Å². The van der Waals surface area contributed by atoms with E-state index in [0.717, 1.165) is 40.9 Å². The van der Waals surface area contributed by atoms with Crippen molar-refractivity contribution >= 4 is 28.6 Å². The second-order valence-corrected chi connectivity index (χ2v) is 18.1. The highest BCUT2D eigenvalue weighted by Gasteiger charge is 2.30. The van der Waals surface area contributed by atoms with Crippen LogP contribution < -0.4 is 5.01 Å². The Morgan fingerprint density at radius 3 is 1.84 bits per heavy atom. The van der Waals surface area contributed by atoms with Crippen molar-refractivity contribution in [1.29, 1.82) is 0 Å². The molecule has 1 aliphatic rings. The summed E-state index contributed by atoms with van der Waals surface area (Å²) in [6.07, 6.45) is 6.26. The Bertz CT molecular complexity index is 2000. The fourth-order valence-corrected chi connectivity index (χ4v) is 7.28. The molecule has 0 radical (unpaired) electrons. The number of hydrazone groups is 1. The van der Waals surface area contributed by atoms with E-state index in [9.17, 15) is 0 Å². The van der Waals surface area contributed by atoms with Crippen molar-refractivity contribution in [3.63, 3.8) is 0 Å². The second-order valence-electron chi connectivity index (χ2n) is 18.1. The summed E-state index contributed by atoms with van der Waals surface area (Å²) in [6, 6.07) is 33.0. The Morgan fingerprint density at radius 2 is 1.26 bits per heavy atom. The number of fused-ring (bicyclic) bond motifs is 1. The van der Waals surface area contributed by atoms with Gasteiger partial charge in [-0.3, -0.25) is 5.01 Å². The molecule has 6 rings (SSSR count). The summed E-state index contributed by atoms with van der Waals surface area (Å²) in [5, 5.41) is 7.35. The molecule has 0 aliphatic carbocycles. The number of hydrogen-bond acceptors (Lipinski definition) is 4. The van der Waals surface area contributed by atoms with Gasteiger partial charge >= 0.3 is 0 Å². The minimum atomic E-state index is 0.0397. The molecule has 4 heteroatoms. The summed E-state index contributed by atoms with van der Waals surface area (Å²) < 4.78 is 6.27. The summed E-state index contributed by atoms with van der Waals surface area (Å²) in [7, 11) is 0. The van der Waals surface area contributed by atoms with Gasteiger partial charge in [-0.25, -0.2) is 4.98 Å². The standard InChI is InChI=1S/C46H55N3O/c1-43(2,3)30-46(10,11)36-23-27-41-39(28-36)47-42(50-41)33-17-25-38(26-18-33)49-40(32-15-21-35(22-16-32)45(7,8)9)29-37(48-49)24-14-31-12-19-34(20-13-31)44(4,5)6/h12-28,40H,29-30H2,1-11H3. The highest BCUT2D eigenvalue weighted by Crippen LogP contribution is 2.40. The van der Waals surface area contributed by atoms with Gasteiger partial charge in [0, 0.05) is 12.0 Å². The fraction of sp³-hybridized carbons (Fsp3) is 0.391. The van der Waals surface area contributed by atoms with Gasteiger partial charge in [-0.1, -0.05) is 137 Å². The Kier molecular flexibility index (Phi) is 9.22. The van der Waals surface area contributed by atoms with Crippen molar-refractivity contribution in [2.75, 3.05) is 5.01 Å². The van der Waals surface area contributed by atoms with Crippen LogP contribution in [0.1, 0.15) is 123 Å². The Hall–Kier alpha value is -4.44. The van der Waals surface area contributed by atoms with Crippen LogP contribution in [-0.2, 0) is 16.2 Å². The third-order valence-electron chi connectivity index (χ3n) is 9.86. The van der Waals surface area contributed by atoms with Crippen molar-refractivity contribution in [3.8, 4) is 11.5 Å². The summed E-state index contributed by atoms with van der Waals surface area (Å²) >= 11 is 0. The first-order valence-corrected chi connectivity index (χ1v) is 18.1. The van der Waals surface area contributed by atoms with Gasteiger partial charge in [-0.15, -0.1) is 0 Å². The second kappa shape index (κ2) is 13.0. The third-order valence-corrected chi connectivity index (χ3v) is 9.86. The van der Waals surface area contributed by atoms with Gasteiger partial charge in [-0.05, 0) is 98.4 Å². The first kappa shape index (κ1) is 35.4. The quantitative estimate of drug-likeness (QED) is 0.174. The smallest absolute Gasteiger partial charge is 0.227 e. The lowest BCUT2D eigenvalue weighted by atomic mass is 9.72. The van der Waals surface area contributed by atoms with E-state index in [1.807, 2.05) is 0 Å². The number of nitrogens with zero attached hydrogens (tertiary/aromatic N) is 3. The number of hydrogen-bond donors (Lipinski definition) is 0. The number of rotatable bonds is 7. The Morgan fingerprint density at radius 1 is 0.680 bits per heavy atom. The molecule has 0 spiro atoms. The maximum absolute atomic E-state index is 6.27. The molecular weight excluding hydrogens is 611 g/mol. The van der Waals surface area contributed by atoms with E-state index < -0.39 is 0 Å². The Balaban J connectivity index is 1.28. The molecule has 1 atom stereocenters. The molecule has 1 aromatic heterocycles. The number of aromatic nitrogens is 1. The Labute approximate surface area is 300 Å². The highest BCUT2D eigenvalue weighted by atomic mass is 16.3. The molecule has 0 saturated heterocycles. The SMILES string of the molecule is CC(C)(C)CC(C)(C)c1ccc2oc(-c3ccc(N4N=C(C=Cc5ccc(C(C)(C)C)cc5)CC4c4ccc(C(C)(C)C)cc4)cc3)nc2c1. The van der Waals surface area contributed by atoms with E-state index in [0.29, 0.717) is 5.89 Å². The van der Waals surface area contributed by atoms with Gasteiger partial charge in [0.25, 0.3) is 0 Å². The number of allylic oxidation sites excluding steroid dienone is 1. The van der Waals surface area contributed by atoms with Crippen LogP contribution in [-0.4, -0.2) is 10.7 Å². The monoisotopic (exact) mass is 665 g/mol. The van der Waals surface area contributed by atoms with Crippen LogP contribution >= 0.6 is 0 Å². The van der Waals surface area contributed by atoms with E-state index >= 15 is 0 Å². The molecule has 1 aliphatic heterocycles. The van der Waals surface area contributed by atoms with Gasteiger partial charge in [0.05, 0.1) is 17.4 Å². The maximum atomic E-state index is 6.27. The van der Waals surface area contributed by atoms with E-state index in [4.69, 9.17) is 14.5 Å². The summed E-state index contributed by atoms with van der Waals surface area (Å²) in [4.78, 5) is 4.94. The van der Waals surface area contributed by atoms with Crippen LogP contribution in [0.5, 0.6) is 0 Å². The van der Waals surface area contributed by atoms with E-state index in [2.05, 4.69) is 184 Å². The van der Waals surface area contributed by atoms with Gasteiger partial charge in [-0.2, -0.15) is 5.10 Å². The predicted molar refractivity (Wildman–Crippen MR) is 213 cm³/mol. The van der Waals surface area contributed by atoms with Crippen LogP contribution in [0.25, 0.3) is 28.6 Å². The van der Waals surface area contributed by atoms with Crippen molar-refractivity contribution < 1.29 is 4.42 Å². The molecule has 0 fully saturated rings. The minimum Gasteiger partial charge on any atom is -0.436 e. The van der Waals surface area contributed by atoms with Gasteiger partial charge in [0.15, 0.2) is 5.58 Å². The lowest BCUT2D eigenvalue weighted by Gasteiger charge is -2.32. The van der Waals surface area contributed by atoms with E-state index in [1.165, 1.54) is 27.8 Å². The summed E-state index contributed by atoms with van der Waals surface area (Å²) in [6.45, 7) is 25.1. The number of benzene rings is 4. The van der Waals surface area contributed by atoms with Crippen LogP contribution in [0.2, 0.25) is 0 Å². The third kappa shape index (κ3) is 7.96. The largest absolute Gasteiger partial charge is 0.436 e. The molecule has 0 N–H and O–H groups in total. The molecular formula is C46H55N3O. The van der Waals surface area contributed by atoms with Gasteiger partial charge in [0.1, 0.15) is 5.52 Å². The van der Waals surface area contributed by atoms with E-state index in [1.54, 1.807) is 0 Å². The molecule has 4 nitrogen and oxygen atoms in total. The molecule has 50 heavy (non-hydrogen) atoms. The minimum absolute atomic E-state index is 0.0397. The van der Waals surface area contributed by atoms with Crippen LogP contribution in [0.4, 0.5) is 5.69 Å². The van der Waals surface area contributed by atoms with Crippen molar-refractivity contribution in [2.24, 2.45) is 10.5 Å². The normalized spacial score (nSPS) is 16.1. The topological polar surface area (TPSA) is 41.6 Å². The number of anilines is 1. The fourth-order valence-electron chi connectivity index (χ4n) is 7.28. The lowest BCUT2D eigenvalue weighted by molar-refractivity contribution is 0.284. The zero-order valence-electron chi connectivity index (χ0n) is 32.1. The molecule has 0 bridgehead atoms. The number of oxazole rings is 1. The maximum Gasteiger partial charge on any atom is 0.227 e. The average Bonchev–Trinajstić information content (AvgIpc) is 3.67. The van der Waals surface area contributed by atoms with Gasteiger partial charge in [0.2, 0.25) is 5.89 Å². The zero-order chi connectivity index (χ0) is 36.1. The average molecular weight is 666 g/mol. The molecule has 260 valence electrons. The molecule has 0 saturated carbocycles. The summed E-state index contributed by atoms with van der Waals surface area (Å²) in [5.74, 6) is 0.637. The van der Waals surface area contributed by atoms with Crippen LogP contribution in [0.3, 0.4) is 0 Å². The highest BCUT2D eigenvalue weighted by molar-refractivity contribution is 6.01. The van der Waals surface area contributed by atoms with Crippen molar-refractivity contribution in [1.82, 2.24) is 4.98 Å².